The highest BCUT2D eigenvalue weighted by atomic mass is 32.1. The minimum atomic E-state index is -0.112. The van der Waals surface area contributed by atoms with Crippen LogP contribution in [0.2, 0.25) is 0 Å². The van der Waals surface area contributed by atoms with Crippen molar-refractivity contribution in [2.45, 2.75) is 6.54 Å². The van der Waals surface area contributed by atoms with Crippen molar-refractivity contribution in [2.75, 3.05) is 12.4 Å². The molecule has 0 aliphatic carbocycles. The van der Waals surface area contributed by atoms with Gasteiger partial charge in [0.1, 0.15) is 5.01 Å². The molecule has 0 saturated carbocycles. The number of aromatic nitrogens is 4. The Kier molecular flexibility index (Phi) is 2.96. The molecule has 0 bridgehead atoms. The molecule has 0 amide bonds. The molecule has 6 nitrogen and oxygen atoms in total. The molecule has 1 N–H and O–H groups in total. The van der Waals surface area contributed by atoms with Crippen molar-refractivity contribution in [3.05, 3.63) is 45.8 Å². The lowest BCUT2D eigenvalue weighted by molar-refractivity contribution is 0.640. The van der Waals surface area contributed by atoms with E-state index >= 15 is 0 Å². The molecule has 96 valence electrons. The van der Waals surface area contributed by atoms with Gasteiger partial charge < -0.3 is 5.32 Å². The van der Waals surface area contributed by atoms with Crippen LogP contribution in [0.4, 0.5) is 5.13 Å². The summed E-state index contributed by atoms with van der Waals surface area (Å²) < 4.78 is 1.41. The highest BCUT2D eigenvalue weighted by Crippen LogP contribution is 2.15. The van der Waals surface area contributed by atoms with Crippen molar-refractivity contribution in [2.24, 2.45) is 0 Å². The smallest absolute Gasteiger partial charge is 0.275 e. The van der Waals surface area contributed by atoms with Crippen molar-refractivity contribution in [3.63, 3.8) is 0 Å². The summed E-state index contributed by atoms with van der Waals surface area (Å²) in [6.45, 7) is 0.336. The molecule has 3 rings (SSSR count). The van der Waals surface area contributed by atoms with E-state index in [1.165, 1.54) is 16.0 Å². The predicted molar refractivity (Wildman–Crippen MR) is 74.6 cm³/mol. The van der Waals surface area contributed by atoms with Crippen molar-refractivity contribution in [3.8, 4) is 0 Å². The van der Waals surface area contributed by atoms with Gasteiger partial charge in [0.15, 0.2) is 0 Å². The van der Waals surface area contributed by atoms with Gasteiger partial charge in [-0.05, 0) is 6.07 Å². The van der Waals surface area contributed by atoms with E-state index < -0.39 is 0 Å². The van der Waals surface area contributed by atoms with Crippen LogP contribution in [-0.4, -0.2) is 27.0 Å². The molecule has 2 heterocycles. The zero-order valence-electron chi connectivity index (χ0n) is 10.2. The van der Waals surface area contributed by atoms with Crippen LogP contribution in [0.3, 0.4) is 0 Å². The van der Waals surface area contributed by atoms with Crippen LogP contribution in [0.1, 0.15) is 5.01 Å². The molecule has 7 heteroatoms. The van der Waals surface area contributed by atoms with Crippen LogP contribution >= 0.6 is 11.3 Å². The van der Waals surface area contributed by atoms with Gasteiger partial charge in [-0.15, -0.1) is 10.2 Å². The average Bonchev–Trinajstić information content (AvgIpc) is 2.90. The summed E-state index contributed by atoms with van der Waals surface area (Å²) in [5.41, 5.74) is -0.112. The molecule has 0 unspecified atom stereocenters. The summed E-state index contributed by atoms with van der Waals surface area (Å²) in [7, 11) is 1.78. The van der Waals surface area contributed by atoms with Gasteiger partial charge in [-0.25, -0.2) is 4.68 Å². The van der Waals surface area contributed by atoms with Crippen LogP contribution in [0, 0.1) is 0 Å². The van der Waals surface area contributed by atoms with Crippen molar-refractivity contribution >= 4 is 27.2 Å². The van der Waals surface area contributed by atoms with Gasteiger partial charge in [-0.3, -0.25) is 4.79 Å². The summed E-state index contributed by atoms with van der Waals surface area (Å²) in [5, 5.41) is 18.0. The Balaban J connectivity index is 2.01. The SMILES string of the molecule is CNc1nnc(Cn2ncc3ccccc3c2=O)s1. The molecule has 1 aromatic carbocycles. The molecule has 0 saturated heterocycles. The molecule has 0 atom stereocenters. The zero-order valence-corrected chi connectivity index (χ0v) is 11.0. The molecular weight excluding hydrogens is 262 g/mol. The molecule has 2 aromatic heterocycles. The van der Waals surface area contributed by atoms with Gasteiger partial charge >= 0.3 is 0 Å². The average molecular weight is 273 g/mol. The fourth-order valence-corrected chi connectivity index (χ4v) is 2.46. The Morgan fingerprint density at radius 3 is 2.95 bits per heavy atom. The summed E-state index contributed by atoms with van der Waals surface area (Å²) in [5.74, 6) is 0. The van der Waals surface area contributed by atoms with Crippen LogP contribution in [0.5, 0.6) is 0 Å². The molecule has 0 aliphatic rings. The van der Waals surface area contributed by atoms with E-state index in [9.17, 15) is 4.79 Å². The summed E-state index contributed by atoms with van der Waals surface area (Å²) in [4.78, 5) is 12.3. The zero-order chi connectivity index (χ0) is 13.2. The standard InChI is InChI=1S/C12H11N5OS/c1-13-12-16-15-10(19-12)7-17-11(18)9-5-3-2-4-8(9)6-14-17/h2-6H,7H2,1H3,(H,13,16). The Hall–Kier alpha value is -2.28. The number of anilines is 1. The highest BCUT2D eigenvalue weighted by molar-refractivity contribution is 7.15. The number of hydrogen-bond acceptors (Lipinski definition) is 6. The van der Waals surface area contributed by atoms with Gasteiger partial charge in [0.2, 0.25) is 5.13 Å². The molecule has 0 fully saturated rings. The van der Waals surface area contributed by atoms with Crippen LogP contribution in [0.25, 0.3) is 10.8 Å². The fourth-order valence-electron chi connectivity index (χ4n) is 1.79. The first-order valence-corrected chi connectivity index (χ1v) is 6.54. The summed E-state index contributed by atoms with van der Waals surface area (Å²) >= 11 is 1.41. The number of nitrogens with zero attached hydrogens (tertiary/aromatic N) is 4. The molecule has 0 spiro atoms. The second kappa shape index (κ2) is 4.77. The van der Waals surface area contributed by atoms with E-state index in [2.05, 4.69) is 20.6 Å². The quantitative estimate of drug-likeness (QED) is 0.779. The largest absolute Gasteiger partial charge is 0.363 e. The fraction of sp³-hybridized carbons (Fsp3) is 0.167. The number of nitrogens with one attached hydrogen (secondary N) is 1. The maximum absolute atomic E-state index is 12.3. The predicted octanol–water partition coefficient (Wildman–Crippen LogP) is 1.34. The first-order chi connectivity index (χ1) is 9.28. The maximum Gasteiger partial charge on any atom is 0.275 e. The Morgan fingerprint density at radius 1 is 1.32 bits per heavy atom. The van der Waals surface area contributed by atoms with Gasteiger partial charge in [0, 0.05) is 12.4 Å². The van der Waals surface area contributed by atoms with E-state index in [1.54, 1.807) is 19.3 Å². The van der Waals surface area contributed by atoms with Crippen LogP contribution in [0.15, 0.2) is 35.3 Å². The molecule has 0 aliphatic heterocycles. The van der Waals surface area contributed by atoms with E-state index in [0.29, 0.717) is 11.9 Å². The first-order valence-electron chi connectivity index (χ1n) is 5.73. The number of fused-ring (bicyclic) bond motifs is 1. The van der Waals surface area contributed by atoms with Gasteiger partial charge in [-0.1, -0.05) is 29.5 Å². The maximum atomic E-state index is 12.3. The van der Waals surface area contributed by atoms with Crippen LogP contribution < -0.4 is 10.9 Å². The van der Waals surface area contributed by atoms with Gasteiger partial charge in [-0.2, -0.15) is 5.10 Å². The Bertz CT molecular complexity index is 779. The van der Waals surface area contributed by atoms with Crippen molar-refractivity contribution < 1.29 is 0 Å². The summed E-state index contributed by atoms with van der Waals surface area (Å²) in [6.07, 6.45) is 1.69. The number of hydrogen-bond donors (Lipinski definition) is 1. The Morgan fingerprint density at radius 2 is 2.16 bits per heavy atom. The van der Waals surface area contributed by atoms with E-state index in [0.717, 1.165) is 15.5 Å². The molecule has 3 aromatic rings. The lowest BCUT2D eigenvalue weighted by Gasteiger charge is -2.03. The van der Waals surface area contributed by atoms with E-state index in [-0.39, 0.29) is 5.56 Å². The second-order valence-corrected chi connectivity index (χ2v) is 5.01. The minimum Gasteiger partial charge on any atom is -0.363 e. The molecular formula is C12H11N5OS. The number of rotatable bonds is 3. The second-order valence-electron chi connectivity index (χ2n) is 3.95. The normalized spacial score (nSPS) is 10.8. The van der Waals surface area contributed by atoms with Crippen molar-refractivity contribution in [1.29, 1.82) is 0 Å². The molecule has 19 heavy (non-hydrogen) atoms. The number of benzene rings is 1. The molecule has 0 radical (unpaired) electrons. The first kappa shape index (κ1) is 11.8. The third-order valence-electron chi connectivity index (χ3n) is 2.73. The topological polar surface area (TPSA) is 72.7 Å². The van der Waals surface area contributed by atoms with Crippen LogP contribution in [-0.2, 0) is 6.54 Å². The lowest BCUT2D eigenvalue weighted by Crippen LogP contribution is -2.23. The highest BCUT2D eigenvalue weighted by Gasteiger charge is 2.07. The Labute approximate surface area is 112 Å². The van der Waals surface area contributed by atoms with Gasteiger partial charge in [0.25, 0.3) is 5.56 Å². The third kappa shape index (κ3) is 2.19. The lowest BCUT2D eigenvalue weighted by atomic mass is 10.2. The van der Waals surface area contributed by atoms with E-state index in [4.69, 9.17) is 0 Å². The minimum absolute atomic E-state index is 0.112. The monoisotopic (exact) mass is 273 g/mol. The third-order valence-corrected chi connectivity index (χ3v) is 3.65. The van der Waals surface area contributed by atoms with Crippen molar-refractivity contribution in [1.82, 2.24) is 20.0 Å². The summed E-state index contributed by atoms with van der Waals surface area (Å²) in [6, 6.07) is 7.41. The van der Waals surface area contributed by atoms with Gasteiger partial charge in [0.05, 0.1) is 18.1 Å². The van der Waals surface area contributed by atoms with E-state index in [1.807, 2.05) is 18.2 Å².